The number of ether oxygens (including phenoxy) is 1. The molecule has 15 heavy (non-hydrogen) atoms. The third-order valence-corrected chi connectivity index (χ3v) is 1.86. The van der Waals surface area contributed by atoms with Gasteiger partial charge < -0.3 is 10.5 Å². The van der Waals surface area contributed by atoms with Crippen molar-refractivity contribution in [1.82, 2.24) is 4.90 Å². The van der Waals surface area contributed by atoms with Crippen LogP contribution in [0, 0.1) is 0 Å². The van der Waals surface area contributed by atoms with Crippen LogP contribution >= 0.6 is 0 Å². The van der Waals surface area contributed by atoms with Gasteiger partial charge in [0.1, 0.15) is 11.8 Å². The Labute approximate surface area is 90.4 Å². The lowest BCUT2D eigenvalue weighted by atomic mass is 10.2. The van der Waals surface area contributed by atoms with Crippen LogP contribution in [0.2, 0.25) is 0 Å². The Morgan fingerprint density at radius 3 is 2.60 bits per heavy atom. The van der Waals surface area contributed by atoms with Gasteiger partial charge in [0.05, 0.1) is 0 Å². The second-order valence-corrected chi connectivity index (χ2v) is 4.60. The van der Waals surface area contributed by atoms with Crippen LogP contribution in [0.5, 0.6) is 0 Å². The molecule has 1 aliphatic heterocycles. The lowest BCUT2D eigenvalue weighted by Gasteiger charge is -2.29. The number of nitrogens with zero attached hydrogens (tertiary/aromatic N) is 1. The predicted molar refractivity (Wildman–Crippen MR) is 58.9 cm³/mol. The number of hydrogen-bond acceptors (Lipinski definition) is 3. The fourth-order valence-electron chi connectivity index (χ4n) is 1.20. The van der Waals surface area contributed by atoms with Crippen molar-refractivity contribution in [3.63, 3.8) is 0 Å². The molecule has 4 heteroatoms. The highest BCUT2D eigenvalue weighted by Crippen LogP contribution is 2.15. The van der Waals surface area contributed by atoms with Gasteiger partial charge in [0.25, 0.3) is 0 Å². The van der Waals surface area contributed by atoms with Gasteiger partial charge in [-0.05, 0) is 39.8 Å². The lowest BCUT2D eigenvalue weighted by molar-refractivity contribution is 0.0298. The Kier molecular flexibility index (Phi) is 3.19. The number of hydrogen-bond donors (Lipinski definition) is 1. The standard InChI is InChI=1S/C11H18N2O2/c1-8-5-6-13(9(12)7-8)10(14)15-11(2,3)4/h5-7,9H,12H2,1-4H3. The molecule has 0 aromatic rings. The molecule has 1 atom stereocenters. The largest absolute Gasteiger partial charge is 0.443 e. The Hall–Kier alpha value is -1.29. The van der Waals surface area contributed by atoms with E-state index in [0.29, 0.717) is 0 Å². The topological polar surface area (TPSA) is 55.6 Å². The quantitative estimate of drug-likeness (QED) is 0.665. The van der Waals surface area contributed by atoms with Gasteiger partial charge in [-0.3, -0.25) is 4.90 Å². The van der Waals surface area contributed by atoms with E-state index in [2.05, 4.69) is 0 Å². The summed E-state index contributed by atoms with van der Waals surface area (Å²) < 4.78 is 5.21. The number of carbonyl (C=O) groups is 1. The SMILES string of the molecule is CC1=CC(N)N(C(=O)OC(C)(C)C)C=C1. The van der Waals surface area contributed by atoms with Gasteiger partial charge >= 0.3 is 6.09 Å². The molecule has 1 unspecified atom stereocenters. The van der Waals surface area contributed by atoms with Gasteiger partial charge in [-0.15, -0.1) is 0 Å². The summed E-state index contributed by atoms with van der Waals surface area (Å²) in [6, 6.07) is 0. The van der Waals surface area contributed by atoms with E-state index in [-0.39, 0.29) is 0 Å². The number of nitrogens with two attached hydrogens (primary N) is 1. The summed E-state index contributed by atoms with van der Waals surface area (Å²) >= 11 is 0. The van der Waals surface area contributed by atoms with E-state index in [0.717, 1.165) is 5.57 Å². The van der Waals surface area contributed by atoms with Gasteiger partial charge in [-0.2, -0.15) is 0 Å². The first-order valence-corrected chi connectivity index (χ1v) is 4.93. The Balaban J connectivity index is 2.67. The molecule has 0 aliphatic carbocycles. The van der Waals surface area contributed by atoms with Crippen LogP contribution in [-0.2, 0) is 4.74 Å². The summed E-state index contributed by atoms with van der Waals surface area (Å²) in [5.74, 6) is 0. The molecule has 0 spiro atoms. The van der Waals surface area contributed by atoms with E-state index in [9.17, 15) is 4.79 Å². The molecule has 1 amide bonds. The van der Waals surface area contributed by atoms with Gasteiger partial charge in [-0.1, -0.05) is 5.57 Å². The molecule has 0 aromatic heterocycles. The maximum absolute atomic E-state index is 11.7. The fourth-order valence-corrected chi connectivity index (χ4v) is 1.20. The third-order valence-electron chi connectivity index (χ3n) is 1.86. The van der Waals surface area contributed by atoms with Crippen LogP contribution in [0.4, 0.5) is 4.79 Å². The third kappa shape index (κ3) is 3.40. The molecular weight excluding hydrogens is 192 g/mol. The van der Waals surface area contributed by atoms with Gasteiger partial charge in [0.2, 0.25) is 0 Å². The molecule has 1 aliphatic rings. The highest BCUT2D eigenvalue weighted by molar-refractivity contribution is 5.70. The molecule has 0 saturated heterocycles. The van der Waals surface area contributed by atoms with E-state index in [1.54, 1.807) is 6.20 Å². The maximum atomic E-state index is 11.7. The van der Waals surface area contributed by atoms with E-state index < -0.39 is 17.9 Å². The van der Waals surface area contributed by atoms with Gasteiger partial charge in [0.15, 0.2) is 0 Å². The van der Waals surface area contributed by atoms with Crippen molar-refractivity contribution in [3.8, 4) is 0 Å². The molecule has 0 aromatic carbocycles. The molecule has 1 rings (SSSR count). The minimum absolute atomic E-state index is 0.421. The zero-order chi connectivity index (χ0) is 11.6. The van der Waals surface area contributed by atoms with E-state index in [1.165, 1.54) is 4.90 Å². The monoisotopic (exact) mass is 210 g/mol. The van der Waals surface area contributed by atoms with E-state index in [4.69, 9.17) is 10.5 Å². The van der Waals surface area contributed by atoms with Crippen molar-refractivity contribution in [1.29, 1.82) is 0 Å². The van der Waals surface area contributed by atoms with Crippen LogP contribution in [-0.4, -0.2) is 22.8 Å². The summed E-state index contributed by atoms with van der Waals surface area (Å²) in [4.78, 5) is 13.0. The molecule has 0 bridgehead atoms. The maximum Gasteiger partial charge on any atom is 0.415 e. The Morgan fingerprint density at radius 2 is 2.13 bits per heavy atom. The number of rotatable bonds is 0. The highest BCUT2D eigenvalue weighted by Gasteiger charge is 2.24. The molecular formula is C11H18N2O2. The van der Waals surface area contributed by atoms with Crippen LogP contribution in [0.15, 0.2) is 23.9 Å². The molecule has 4 nitrogen and oxygen atoms in total. The average molecular weight is 210 g/mol. The highest BCUT2D eigenvalue weighted by atomic mass is 16.6. The van der Waals surface area contributed by atoms with Crippen molar-refractivity contribution >= 4 is 6.09 Å². The molecule has 0 fully saturated rings. The number of carbonyl (C=O) groups excluding carboxylic acids is 1. The predicted octanol–water partition coefficient (Wildman–Crippen LogP) is 1.98. The average Bonchev–Trinajstić information content (AvgIpc) is 1.99. The Morgan fingerprint density at radius 1 is 1.53 bits per heavy atom. The van der Waals surface area contributed by atoms with Crippen LogP contribution < -0.4 is 5.73 Å². The van der Waals surface area contributed by atoms with Crippen molar-refractivity contribution in [3.05, 3.63) is 23.9 Å². The minimum atomic E-state index is -0.499. The van der Waals surface area contributed by atoms with Crippen LogP contribution in [0.3, 0.4) is 0 Å². The summed E-state index contributed by atoms with van der Waals surface area (Å²) in [6.45, 7) is 7.41. The number of allylic oxidation sites excluding steroid dienone is 2. The van der Waals surface area contributed by atoms with Gasteiger partial charge in [-0.25, -0.2) is 4.79 Å². The first-order chi connectivity index (χ1) is 6.79. The molecule has 0 saturated carbocycles. The first-order valence-electron chi connectivity index (χ1n) is 4.93. The van der Waals surface area contributed by atoms with Crippen LogP contribution in [0.1, 0.15) is 27.7 Å². The van der Waals surface area contributed by atoms with Crippen molar-refractivity contribution in [2.75, 3.05) is 0 Å². The summed E-state index contributed by atoms with van der Waals surface area (Å²) in [6.07, 6.45) is 4.42. The van der Waals surface area contributed by atoms with Crippen molar-refractivity contribution in [2.45, 2.75) is 39.5 Å². The zero-order valence-electron chi connectivity index (χ0n) is 9.65. The Bertz CT molecular complexity index is 313. The van der Waals surface area contributed by atoms with E-state index >= 15 is 0 Å². The summed E-state index contributed by atoms with van der Waals surface area (Å²) in [7, 11) is 0. The van der Waals surface area contributed by atoms with Crippen molar-refractivity contribution < 1.29 is 9.53 Å². The molecule has 2 N–H and O–H groups in total. The molecule has 0 radical (unpaired) electrons. The smallest absolute Gasteiger partial charge is 0.415 e. The molecule has 1 heterocycles. The summed E-state index contributed by atoms with van der Waals surface area (Å²) in [5, 5.41) is 0. The first kappa shape index (κ1) is 11.8. The number of amides is 1. The normalized spacial score (nSPS) is 21.3. The second kappa shape index (κ2) is 4.06. The van der Waals surface area contributed by atoms with Crippen molar-refractivity contribution in [2.24, 2.45) is 5.73 Å². The molecule has 84 valence electrons. The summed E-state index contributed by atoms with van der Waals surface area (Å²) in [5.41, 5.74) is 6.33. The van der Waals surface area contributed by atoms with Crippen LogP contribution in [0.25, 0.3) is 0 Å². The van der Waals surface area contributed by atoms with Gasteiger partial charge in [0, 0.05) is 6.20 Å². The zero-order valence-corrected chi connectivity index (χ0v) is 9.65. The lowest BCUT2D eigenvalue weighted by Crippen LogP contribution is -2.44. The second-order valence-electron chi connectivity index (χ2n) is 4.60. The fraction of sp³-hybridized carbons (Fsp3) is 0.545. The minimum Gasteiger partial charge on any atom is -0.443 e. The van der Waals surface area contributed by atoms with E-state index in [1.807, 2.05) is 39.8 Å².